The molecular weight excluding hydrogens is 392 g/mol. The first kappa shape index (κ1) is 20.6. The molecule has 0 radical (unpaired) electrons. The maximum absolute atomic E-state index is 13.0. The van der Waals surface area contributed by atoms with Crippen LogP contribution in [-0.2, 0) is 4.74 Å². The number of hydrogen-bond donors (Lipinski definition) is 0. The first-order valence-electron chi connectivity index (χ1n) is 10.3. The number of ether oxygens (including phenoxy) is 2. The Morgan fingerprint density at radius 3 is 1.90 bits per heavy atom. The van der Waals surface area contributed by atoms with E-state index in [4.69, 9.17) is 9.47 Å². The summed E-state index contributed by atoms with van der Waals surface area (Å²) in [4.78, 5) is 14.3. The summed E-state index contributed by atoms with van der Waals surface area (Å²) in [5.74, 6) is 0.921. The highest BCUT2D eigenvalue weighted by Gasteiger charge is 2.24. The summed E-state index contributed by atoms with van der Waals surface area (Å²) in [6.45, 7) is 9.33. The molecule has 0 aliphatic heterocycles. The zero-order valence-corrected chi connectivity index (χ0v) is 18.7. The molecular formula is C26H27O3S+. The highest BCUT2D eigenvalue weighted by molar-refractivity contribution is 7.49. The van der Waals surface area contributed by atoms with Gasteiger partial charge in [-0.05, 0) is 63.1 Å². The third-order valence-corrected chi connectivity index (χ3v) is 7.45. The fourth-order valence-electron chi connectivity index (χ4n) is 3.87. The molecule has 0 bridgehead atoms. The van der Waals surface area contributed by atoms with Crippen LogP contribution in [0.25, 0.3) is 25.1 Å². The number of aryl methyl sites for hydroxylation is 2. The van der Waals surface area contributed by atoms with E-state index in [9.17, 15) is 4.79 Å². The average Bonchev–Trinajstić information content (AvgIpc) is 2.73. The minimum Gasteiger partial charge on any atom is -0.491 e. The van der Waals surface area contributed by atoms with Crippen molar-refractivity contribution < 1.29 is 9.47 Å². The normalized spacial score (nSPS) is 11.5. The van der Waals surface area contributed by atoms with Gasteiger partial charge in [-0.3, -0.25) is 4.79 Å². The Balaban J connectivity index is 1.84. The maximum Gasteiger partial charge on any atom is 0.203 e. The van der Waals surface area contributed by atoms with E-state index in [-0.39, 0.29) is 22.0 Å². The van der Waals surface area contributed by atoms with Crippen molar-refractivity contribution in [2.45, 2.75) is 33.8 Å². The third-order valence-electron chi connectivity index (χ3n) is 5.15. The molecule has 0 atom stereocenters. The summed E-state index contributed by atoms with van der Waals surface area (Å²) >= 11 is 0. The first-order chi connectivity index (χ1) is 14.5. The Hall–Kier alpha value is -2.69. The predicted octanol–water partition coefficient (Wildman–Crippen LogP) is 6.51. The lowest BCUT2D eigenvalue weighted by Crippen LogP contribution is -2.12. The lowest BCUT2D eigenvalue weighted by Gasteiger charge is -2.14. The molecule has 30 heavy (non-hydrogen) atoms. The molecule has 4 rings (SSSR count). The van der Waals surface area contributed by atoms with Crippen LogP contribution in [0.1, 0.15) is 25.0 Å². The fraction of sp³-hybridized carbons (Fsp3) is 0.269. The minimum absolute atomic E-state index is 0.114. The molecule has 1 heterocycles. The zero-order valence-electron chi connectivity index (χ0n) is 17.9. The van der Waals surface area contributed by atoms with Crippen molar-refractivity contribution in [3.05, 3.63) is 82.0 Å². The van der Waals surface area contributed by atoms with Gasteiger partial charge in [-0.25, -0.2) is 0 Å². The van der Waals surface area contributed by atoms with Gasteiger partial charge in [0.25, 0.3) is 0 Å². The minimum atomic E-state index is -0.322. The SMILES string of the molecule is Cc1cc(-[s+]2c3ccccc3c(=O)c3ccccc32)cc(C)c1OCCOC(C)C. The van der Waals surface area contributed by atoms with E-state index in [1.54, 1.807) is 0 Å². The summed E-state index contributed by atoms with van der Waals surface area (Å²) in [6.07, 6.45) is 0.202. The highest BCUT2D eigenvalue weighted by Crippen LogP contribution is 2.45. The van der Waals surface area contributed by atoms with Crippen LogP contribution in [0.2, 0.25) is 0 Å². The molecule has 0 unspecified atom stereocenters. The van der Waals surface area contributed by atoms with Crippen molar-refractivity contribution in [1.82, 2.24) is 0 Å². The summed E-state index contributed by atoms with van der Waals surface area (Å²) in [5, 5.41) is 1.61. The number of rotatable bonds is 6. The molecule has 0 aliphatic carbocycles. The van der Waals surface area contributed by atoms with Crippen LogP contribution in [0.3, 0.4) is 0 Å². The molecule has 0 fully saturated rings. The van der Waals surface area contributed by atoms with Crippen molar-refractivity contribution in [2.24, 2.45) is 0 Å². The van der Waals surface area contributed by atoms with Gasteiger partial charge in [0, 0.05) is 22.6 Å². The topological polar surface area (TPSA) is 35.5 Å². The third kappa shape index (κ3) is 3.85. The van der Waals surface area contributed by atoms with Crippen molar-refractivity contribution in [1.29, 1.82) is 0 Å². The van der Waals surface area contributed by atoms with E-state index in [1.165, 1.54) is 4.90 Å². The van der Waals surface area contributed by atoms with E-state index in [1.807, 2.05) is 50.2 Å². The molecule has 0 saturated carbocycles. The Kier molecular flexibility index (Phi) is 5.89. The van der Waals surface area contributed by atoms with Gasteiger partial charge in [-0.15, -0.1) is 0 Å². The molecule has 154 valence electrons. The second kappa shape index (κ2) is 8.58. The lowest BCUT2D eigenvalue weighted by molar-refractivity contribution is 0.0550. The molecule has 0 aliphatic rings. The predicted molar refractivity (Wildman–Crippen MR) is 128 cm³/mol. The van der Waals surface area contributed by atoms with Crippen LogP contribution in [0.4, 0.5) is 0 Å². The molecule has 0 saturated heterocycles. The van der Waals surface area contributed by atoms with E-state index < -0.39 is 0 Å². The van der Waals surface area contributed by atoms with Crippen LogP contribution in [0.5, 0.6) is 5.75 Å². The molecule has 1 aromatic heterocycles. The van der Waals surface area contributed by atoms with Gasteiger partial charge in [-0.1, -0.05) is 24.3 Å². The van der Waals surface area contributed by atoms with E-state index in [0.29, 0.717) is 13.2 Å². The summed E-state index contributed by atoms with van der Waals surface area (Å²) < 4.78 is 13.8. The van der Waals surface area contributed by atoms with Crippen LogP contribution in [0, 0.1) is 13.8 Å². The van der Waals surface area contributed by atoms with E-state index in [0.717, 1.165) is 37.0 Å². The van der Waals surface area contributed by atoms with Crippen molar-refractivity contribution in [2.75, 3.05) is 13.2 Å². The highest BCUT2D eigenvalue weighted by atomic mass is 32.2. The average molecular weight is 420 g/mol. The second-order valence-electron chi connectivity index (χ2n) is 7.78. The Morgan fingerprint density at radius 2 is 1.37 bits per heavy atom. The summed E-state index contributed by atoms with van der Waals surface area (Å²) in [5.41, 5.74) is 2.33. The van der Waals surface area contributed by atoms with Gasteiger partial charge in [0.15, 0.2) is 14.3 Å². The van der Waals surface area contributed by atoms with Crippen LogP contribution in [0.15, 0.2) is 65.5 Å². The molecule has 4 aromatic rings. The standard InChI is InChI=1S/C26H27O3S/c1-17(2)28-13-14-29-26-18(3)15-20(16-19(26)4)30-23-11-7-5-9-21(23)25(27)22-10-6-8-12-24(22)30/h5-12,15-17H,13-14H2,1-4H3/q+1. The van der Waals surface area contributed by atoms with Crippen LogP contribution < -0.4 is 10.2 Å². The summed E-state index contributed by atoms with van der Waals surface area (Å²) in [6, 6.07) is 20.4. The Labute approximate surface area is 179 Å². The molecule has 3 nitrogen and oxygen atoms in total. The largest absolute Gasteiger partial charge is 0.491 e. The molecule has 4 heteroatoms. The second-order valence-corrected chi connectivity index (χ2v) is 9.75. The first-order valence-corrected chi connectivity index (χ1v) is 11.5. The van der Waals surface area contributed by atoms with Crippen molar-refractivity contribution in [3.8, 4) is 10.6 Å². The van der Waals surface area contributed by atoms with E-state index in [2.05, 4.69) is 38.1 Å². The van der Waals surface area contributed by atoms with Gasteiger partial charge in [0.05, 0.1) is 23.5 Å². The monoisotopic (exact) mass is 419 g/mol. The van der Waals surface area contributed by atoms with Crippen molar-refractivity contribution in [3.63, 3.8) is 0 Å². The zero-order chi connectivity index (χ0) is 21.3. The van der Waals surface area contributed by atoms with Gasteiger partial charge >= 0.3 is 0 Å². The summed E-state index contributed by atoms with van der Waals surface area (Å²) in [7, 11) is -0.322. The molecule has 0 N–H and O–H groups in total. The fourth-order valence-corrected chi connectivity index (χ4v) is 6.39. The molecule has 0 amide bonds. The van der Waals surface area contributed by atoms with Crippen LogP contribution in [-0.4, -0.2) is 19.3 Å². The number of fused-ring (bicyclic) bond motifs is 2. The maximum atomic E-state index is 13.0. The van der Waals surface area contributed by atoms with Gasteiger partial charge in [0.1, 0.15) is 12.4 Å². The van der Waals surface area contributed by atoms with Gasteiger partial charge < -0.3 is 9.47 Å². The van der Waals surface area contributed by atoms with Crippen molar-refractivity contribution >= 4 is 30.6 Å². The molecule has 0 spiro atoms. The van der Waals surface area contributed by atoms with Gasteiger partial charge in [0.2, 0.25) is 5.43 Å². The molecule has 3 aromatic carbocycles. The smallest absolute Gasteiger partial charge is 0.203 e. The van der Waals surface area contributed by atoms with Gasteiger partial charge in [-0.2, -0.15) is 0 Å². The Bertz CT molecular complexity index is 1190. The Morgan fingerprint density at radius 1 is 0.833 bits per heavy atom. The lowest BCUT2D eigenvalue weighted by atomic mass is 10.1. The quantitative estimate of drug-likeness (QED) is 0.203. The van der Waals surface area contributed by atoms with E-state index >= 15 is 0 Å². The van der Waals surface area contributed by atoms with Crippen LogP contribution >= 0.6 is 10.5 Å². The number of hydrogen-bond acceptors (Lipinski definition) is 3. The number of benzene rings is 3.